The SMILES string of the molecule is O=C(O)C1=Cc2ccccc2C1c1ccc2c(c1)OCO2. The molecule has 0 bridgehead atoms. The number of ether oxygens (including phenoxy) is 2. The van der Waals surface area contributed by atoms with Gasteiger partial charge in [-0.25, -0.2) is 4.79 Å². The summed E-state index contributed by atoms with van der Waals surface area (Å²) in [4.78, 5) is 11.6. The Morgan fingerprint density at radius 1 is 1.10 bits per heavy atom. The summed E-state index contributed by atoms with van der Waals surface area (Å²) in [6, 6.07) is 13.3. The van der Waals surface area contributed by atoms with E-state index in [9.17, 15) is 9.90 Å². The molecule has 1 N–H and O–H groups in total. The van der Waals surface area contributed by atoms with Crippen molar-refractivity contribution >= 4 is 12.0 Å². The Balaban J connectivity index is 1.86. The standard InChI is InChI=1S/C17H12O4/c18-17(19)13-7-10-3-1-2-4-12(10)16(13)11-5-6-14-15(8-11)21-9-20-14/h1-8,16H,9H2,(H,18,19). The average molecular weight is 280 g/mol. The van der Waals surface area contributed by atoms with Gasteiger partial charge in [-0.3, -0.25) is 0 Å². The van der Waals surface area contributed by atoms with Crippen LogP contribution in [0.25, 0.3) is 6.08 Å². The van der Waals surface area contributed by atoms with Crippen LogP contribution in [0, 0.1) is 0 Å². The minimum Gasteiger partial charge on any atom is -0.478 e. The number of rotatable bonds is 2. The molecule has 0 amide bonds. The van der Waals surface area contributed by atoms with E-state index in [0.717, 1.165) is 16.7 Å². The van der Waals surface area contributed by atoms with Crippen LogP contribution in [-0.4, -0.2) is 17.9 Å². The van der Waals surface area contributed by atoms with Crippen molar-refractivity contribution in [1.82, 2.24) is 0 Å². The molecule has 4 nitrogen and oxygen atoms in total. The number of carbonyl (C=O) groups is 1. The predicted molar refractivity (Wildman–Crippen MR) is 76.5 cm³/mol. The van der Waals surface area contributed by atoms with Crippen LogP contribution in [0.15, 0.2) is 48.0 Å². The van der Waals surface area contributed by atoms with Gasteiger partial charge in [0.25, 0.3) is 0 Å². The van der Waals surface area contributed by atoms with Crippen LogP contribution in [0.2, 0.25) is 0 Å². The molecule has 0 saturated heterocycles. The normalized spacial score (nSPS) is 18.3. The maximum absolute atomic E-state index is 11.6. The highest BCUT2D eigenvalue weighted by atomic mass is 16.7. The molecule has 1 aliphatic heterocycles. The molecule has 0 spiro atoms. The van der Waals surface area contributed by atoms with E-state index in [1.54, 1.807) is 6.08 Å². The van der Waals surface area contributed by atoms with Crippen LogP contribution in [0.1, 0.15) is 22.6 Å². The van der Waals surface area contributed by atoms with Crippen LogP contribution in [0.4, 0.5) is 0 Å². The Hall–Kier alpha value is -2.75. The molecular formula is C17H12O4. The predicted octanol–water partition coefficient (Wildman–Crippen LogP) is 3.03. The lowest BCUT2D eigenvalue weighted by Gasteiger charge is -2.15. The third kappa shape index (κ3) is 1.80. The molecule has 4 heteroatoms. The first-order chi connectivity index (χ1) is 10.2. The van der Waals surface area contributed by atoms with E-state index in [-0.39, 0.29) is 12.7 Å². The van der Waals surface area contributed by atoms with Crippen molar-refractivity contribution in [2.24, 2.45) is 0 Å². The van der Waals surface area contributed by atoms with Gasteiger partial charge in [0.2, 0.25) is 6.79 Å². The Kier molecular flexibility index (Phi) is 2.51. The van der Waals surface area contributed by atoms with E-state index < -0.39 is 5.97 Å². The molecule has 1 heterocycles. The van der Waals surface area contributed by atoms with Crippen molar-refractivity contribution in [3.63, 3.8) is 0 Å². The van der Waals surface area contributed by atoms with Gasteiger partial charge in [0.15, 0.2) is 11.5 Å². The van der Waals surface area contributed by atoms with Gasteiger partial charge >= 0.3 is 5.97 Å². The summed E-state index contributed by atoms with van der Waals surface area (Å²) in [7, 11) is 0. The fourth-order valence-electron chi connectivity index (χ4n) is 2.96. The number of hydrogen-bond donors (Lipinski definition) is 1. The van der Waals surface area contributed by atoms with Gasteiger partial charge in [-0.05, 0) is 34.9 Å². The number of carboxylic acid groups (broad SMARTS) is 1. The second kappa shape index (κ2) is 4.38. The summed E-state index contributed by atoms with van der Waals surface area (Å²) in [5.74, 6) is 0.203. The van der Waals surface area contributed by atoms with Crippen LogP contribution in [0.5, 0.6) is 11.5 Å². The van der Waals surface area contributed by atoms with Crippen LogP contribution in [-0.2, 0) is 4.79 Å². The van der Waals surface area contributed by atoms with E-state index in [4.69, 9.17) is 9.47 Å². The summed E-state index contributed by atoms with van der Waals surface area (Å²) < 4.78 is 10.7. The fraction of sp³-hybridized carbons (Fsp3) is 0.118. The van der Waals surface area contributed by atoms with Gasteiger partial charge < -0.3 is 14.6 Å². The van der Waals surface area contributed by atoms with Crippen molar-refractivity contribution < 1.29 is 19.4 Å². The number of aliphatic carboxylic acids is 1. The van der Waals surface area contributed by atoms with Gasteiger partial charge in [-0.2, -0.15) is 0 Å². The average Bonchev–Trinajstić information content (AvgIpc) is 3.10. The van der Waals surface area contributed by atoms with Crippen molar-refractivity contribution in [2.45, 2.75) is 5.92 Å². The topological polar surface area (TPSA) is 55.8 Å². The zero-order valence-electron chi connectivity index (χ0n) is 11.1. The summed E-state index contributed by atoms with van der Waals surface area (Å²) in [5.41, 5.74) is 3.25. The molecule has 104 valence electrons. The van der Waals surface area contributed by atoms with Gasteiger partial charge in [0.1, 0.15) is 0 Å². The van der Waals surface area contributed by atoms with E-state index in [0.29, 0.717) is 17.1 Å². The number of carboxylic acids is 1. The summed E-state index contributed by atoms with van der Waals surface area (Å²) in [6.07, 6.45) is 1.74. The fourth-order valence-corrected chi connectivity index (χ4v) is 2.96. The molecule has 2 aliphatic rings. The van der Waals surface area contributed by atoms with Crippen molar-refractivity contribution in [3.05, 3.63) is 64.7 Å². The van der Waals surface area contributed by atoms with Crippen molar-refractivity contribution in [2.75, 3.05) is 6.79 Å². The van der Waals surface area contributed by atoms with E-state index in [1.165, 1.54) is 0 Å². The Bertz CT molecular complexity index is 776. The molecule has 2 aromatic rings. The highest BCUT2D eigenvalue weighted by Gasteiger charge is 2.31. The van der Waals surface area contributed by atoms with Crippen molar-refractivity contribution in [3.8, 4) is 11.5 Å². The minimum atomic E-state index is -0.895. The first kappa shape index (κ1) is 12.0. The quantitative estimate of drug-likeness (QED) is 0.918. The third-order valence-electron chi connectivity index (χ3n) is 3.91. The largest absolute Gasteiger partial charge is 0.478 e. The molecular weight excluding hydrogens is 268 g/mol. The molecule has 4 rings (SSSR count). The second-order valence-corrected chi connectivity index (χ2v) is 5.08. The smallest absolute Gasteiger partial charge is 0.332 e. The molecule has 0 fully saturated rings. The van der Waals surface area contributed by atoms with Gasteiger partial charge in [-0.15, -0.1) is 0 Å². The summed E-state index contributed by atoms with van der Waals surface area (Å²) in [5, 5.41) is 9.49. The number of hydrogen-bond acceptors (Lipinski definition) is 3. The highest BCUT2D eigenvalue weighted by molar-refractivity contribution is 5.98. The Morgan fingerprint density at radius 2 is 1.90 bits per heavy atom. The highest BCUT2D eigenvalue weighted by Crippen LogP contribution is 2.44. The monoisotopic (exact) mass is 280 g/mol. The van der Waals surface area contributed by atoms with E-state index in [1.807, 2.05) is 42.5 Å². The molecule has 21 heavy (non-hydrogen) atoms. The maximum Gasteiger partial charge on any atom is 0.332 e. The zero-order chi connectivity index (χ0) is 14.4. The lowest BCUT2D eigenvalue weighted by Crippen LogP contribution is -2.09. The van der Waals surface area contributed by atoms with Gasteiger partial charge in [-0.1, -0.05) is 30.3 Å². The molecule has 1 atom stereocenters. The first-order valence-electron chi connectivity index (χ1n) is 6.67. The van der Waals surface area contributed by atoms with Crippen LogP contribution in [0.3, 0.4) is 0 Å². The van der Waals surface area contributed by atoms with E-state index in [2.05, 4.69) is 0 Å². The van der Waals surface area contributed by atoms with Crippen LogP contribution >= 0.6 is 0 Å². The minimum absolute atomic E-state index is 0.210. The van der Waals surface area contributed by atoms with Crippen molar-refractivity contribution in [1.29, 1.82) is 0 Å². The Labute approximate surface area is 121 Å². The van der Waals surface area contributed by atoms with Gasteiger partial charge in [0, 0.05) is 11.5 Å². The lowest BCUT2D eigenvalue weighted by atomic mass is 9.88. The molecule has 0 aromatic heterocycles. The summed E-state index contributed by atoms with van der Waals surface area (Å²) in [6.45, 7) is 0.210. The summed E-state index contributed by atoms with van der Waals surface area (Å²) >= 11 is 0. The third-order valence-corrected chi connectivity index (χ3v) is 3.91. The molecule has 0 saturated carbocycles. The van der Waals surface area contributed by atoms with Gasteiger partial charge in [0.05, 0.1) is 0 Å². The molecule has 2 aromatic carbocycles. The molecule has 1 aliphatic carbocycles. The number of benzene rings is 2. The zero-order valence-corrected chi connectivity index (χ0v) is 11.1. The Morgan fingerprint density at radius 3 is 2.76 bits per heavy atom. The second-order valence-electron chi connectivity index (χ2n) is 5.08. The molecule has 0 radical (unpaired) electrons. The maximum atomic E-state index is 11.6. The van der Waals surface area contributed by atoms with Crippen LogP contribution < -0.4 is 9.47 Å². The lowest BCUT2D eigenvalue weighted by molar-refractivity contribution is -0.132. The van der Waals surface area contributed by atoms with E-state index >= 15 is 0 Å². The first-order valence-corrected chi connectivity index (χ1v) is 6.67. The number of fused-ring (bicyclic) bond motifs is 2. The molecule has 1 unspecified atom stereocenters.